The van der Waals surface area contributed by atoms with Gasteiger partial charge in [-0.05, 0) is 53.6 Å². The van der Waals surface area contributed by atoms with Crippen LogP contribution < -0.4 is 4.72 Å². The normalized spacial score (nSPS) is 14.5. The van der Waals surface area contributed by atoms with E-state index < -0.39 is 22.1 Å². The molecule has 0 atom stereocenters. The second kappa shape index (κ2) is 8.77. The minimum atomic E-state index is -4.95. The molecule has 0 spiro atoms. The topological polar surface area (TPSA) is 66.5 Å². The van der Waals surface area contributed by atoms with Crippen molar-refractivity contribution in [3.63, 3.8) is 0 Å². The zero-order chi connectivity index (χ0) is 21.9. The molecule has 1 aliphatic heterocycles. The highest BCUT2D eigenvalue weighted by atomic mass is 32.2. The molecule has 0 bridgehead atoms. The lowest BCUT2D eigenvalue weighted by molar-refractivity contribution is -0.186. The standard InChI is InChI=1S/C21H23F3N2O3S/c1-2-15-3-5-16(6-4-15)9-11-25-30(28,29)19-8-7-17-10-12-26(14-18(17)13-19)20(27)21(22,23)24/h3-8,13,25H,2,9-12,14H2,1H3. The number of amides is 1. The molecule has 0 radical (unpaired) electrons. The number of hydrogen-bond donors (Lipinski definition) is 1. The maximum absolute atomic E-state index is 12.7. The monoisotopic (exact) mass is 440 g/mol. The van der Waals surface area contributed by atoms with Gasteiger partial charge in [0, 0.05) is 19.6 Å². The number of fused-ring (bicyclic) bond motifs is 1. The number of halogens is 3. The number of hydrogen-bond acceptors (Lipinski definition) is 3. The van der Waals surface area contributed by atoms with Crippen molar-refractivity contribution in [3.05, 3.63) is 64.7 Å². The quantitative estimate of drug-likeness (QED) is 0.750. The van der Waals surface area contributed by atoms with Gasteiger partial charge in [-0.15, -0.1) is 0 Å². The molecule has 30 heavy (non-hydrogen) atoms. The van der Waals surface area contributed by atoms with Gasteiger partial charge in [-0.2, -0.15) is 13.2 Å². The molecule has 0 saturated carbocycles. The van der Waals surface area contributed by atoms with E-state index in [2.05, 4.69) is 11.6 Å². The van der Waals surface area contributed by atoms with Crippen molar-refractivity contribution in [2.24, 2.45) is 0 Å². The molecule has 9 heteroatoms. The number of rotatable bonds is 6. The Balaban J connectivity index is 1.67. The van der Waals surface area contributed by atoms with Gasteiger partial charge in [0.15, 0.2) is 0 Å². The van der Waals surface area contributed by atoms with Crippen LogP contribution in [-0.4, -0.2) is 38.5 Å². The van der Waals surface area contributed by atoms with Gasteiger partial charge in [-0.1, -0.05) is 37.3 Å². The lowest BCUT2D eigenvalue weighted by Crippen LogP contribution is -2.43. The fraction of sp³-hybridized carbons (Fsp3) is 0.381. The molecule has 0 saturated heterocycles. The van der Waals surface area contributed by atoms with Gasteiger partial charge in [-0.3, -0.25) is 4.79 Å². The highest BCUT2D eigenvalue weighted by molar-refractivity contribution is 7.89. The second-order valence-corrected chi connectivity index (χ2v) is 8.99. The first kappa shape index (κ1) is 22.3. The van der Waals surface area contributed by atoms with Gasteiger partial charge in [-0.25, -0.2) is 13.1 Å². The minimum Gasteiger partial charge on any atom is -0.330 e. The molecular formula is C21H23F3N2O3S. The Bertz CT molecular complexity index is 1020. The average molecular weight is 440 g/mol. The Morgan fingerprint density at radius 3 is 2.37 bits per heavy atom. The third-order valence-corrected chi connectivity index (χ3v) is 6.63. The van der Waals surface area contributed by atoms with Crippen molar-refractivity contribution in [2.75, 3.05) is 13.1 Å². The molecule has 3 rings (SSSR count). The van der Waals surface area contributed by atoms with Crippen molar-refractivity contribution in [1.82, 2.24) is 9.62 Å². The molecule has 1 amide bonds. The van der Waals surface area contributed by atoms with Crippen molar-refractivity contribution >= 4 is 15.9 Å². The summed E-state index contributed by atoms with van der Waals surface area (Å²) < 4.78 is 65.9. The molecule has 5 nitrogen and oxygen atoms in total. The Hall–Kier alpha value is -2.39. The van der Waals surface area contributed by atoms with Gasteiger partial charge >= 0.3 is 12.1 Å². The summed E-state index contributed by atoms with van der Waals surface area (Å²) in [4.78, 5) is 12.2. The second-order valence-electron chi connectivity index (χ2n) is 7.22. The average Bonchev–Trinajstić information content (AvgIpc) is 2.72. The van der Waals surface area contributed by atoms with Crippen LogP contribution in [0.2, 0.25) is 0 Å². The summed E-state index contributed by atoms with van der Waals surface area (Å²) in [6, 6.07) is 12.3. The lowest BCUT2D eigenvalue weighted by atomic mass is 10.00. The van der Waals surface area contributed by atoms with E-state index in [1.54, 1.807) is 6.07 Å². The highest BCUT2D eigenvalue weighted by Gasteiger charge is 2.43. The van der Waals surface area contributed by atoms with Crippen molar-refractivity contribution in [1.29, 1.82) is 0 Å². The fourth-order valence-electron chi connectivity index (χ4n) is 3.41. The molecule has 2 aromatic rings. The van der Waals surface area contributed by atoms with Crippen LogP contribution in [0.15, 0.2) is 47.4 Å². The predicted molar refractivity (Wildman–Crippen MR) is 106 cm³/mol. The first-order chi connectivity index (χ1) is 14.1. The number of benzene rings is 2. The third kappa shape index (κ3) is 5.20. The molecule has 0 fully saturated rings. The van der Waals surface area contributed by atoms with Gasteiger partial charge in [0.25, 0.3) is 0 Å². The fourth-order valence-corrected chi connectivity index (χ4v) is 4.49. The van der Waals surface area contributed by atoms with E-state index in [1.165, 1.54) is 17.7 Å². The van der Waals surface area contributed by atoms with Crippen LogP contribution in [0.5, 0.6) is 0 Å². The van der Waals surface area contributed by atoms with Gasteiger partial charge < -0.3 is 4.90 Å². The van der Waals surface area contributed by atoms with E-state index in [0.29, 0.717) is 16.9 Å². The summed E-state index contributed by atoms with van der Waals surface area (Å²) in [6.07, 6.45) is -3.25. The molecule has 2 aromatic carbocycles. The van der Waals surface area contributed by atoms with Gasteiger partial charge in [0.05, 0.1) is 4.90 Å². The number of carbonyl (C=O) groups is 1. The van der Waals surface area contributed by atoms with Crippen molar-refractivity contribution in [3.8, 4) is 0 Å². The third-order valence-electron chi connectivity index (χ3n) is 5.17. The Kier molecular flexibility index (Phi) is 6.52. The predicted octanol–water partition coefficient (Wildman–Crippen LogP) is 3.22. The Morgan fingerprint density at radius 1 is 1.07 bits per heavy atom. The Labute approximate surface area is 173 Å². The molecule has 0 aliphatic carbocycles. The van der Waals surface area contributed by atoms with E-state index >= 15 is 0 Å². The number of nitrogens with zero attached hydrogens (tertiary/aromatic N) is 1. The van der Waals surface area contributed by atoms with E-state index in [4.69, 9.17) is 0 Å². The molecule has 1 aliphatic rings. The zero-order valence-corrected chi connectivity index (χ0v) is 17.3. The minimum absolute atomic E-state index is 0.0242. The smallest absolute Gasteiger partial charge is 0.330 e. The molecule has 1 N–H and O–H groups in total. The first-order valence-electron chi connectivity index (χ1n) is 9.65. The van der Waals surface area contributed by atoms with Crippen LogP contribution in [-0.2, 0) is 40.6 Å². The van der Waals surface area contributed by atoms with Crippen LogP contribution in [0.25, 0.3) is 0 Å². The summed E-state index contributed by atoms with van der Waals surface area (Å²) >= 11 is 0. The number of aryl methyl sites for hydroxylation is 1. The number of carbonyl (C=O) groups excluding carboxylic acids is 1. The Morgan fingerprint density at radius 2 is 1.73 bits per heavy atom. The van der Waals surface area contributed by atoms with Crippen LogP contribution in [0, 0.1) is 0 Å². The lowest BCUT2D eigenvalue weighted by Gasteiger charge is -2.29. The summed E-state index contributed by atoms with van der Waals surface area (Å²) in [6.45, 7) is 1.94. The van der Waals surface area contributed by atoms with E-state index in [9.17, 15) is 26.4 Å². The number of sulfonamides is 1. The van der Waals surface area contributed by atoms with Crippen LogP contribution in [0.1, 0.15) is 29.2 Å². The molecule has 0 unspecified atom stereocenters. The number of nitrogens with one attached hydrogen (secondary N) is 1. The molecule has 162 valence electrons. The van der Waals surface area contributed by atoms with Crippen molar-refractivity contribution in [2.45, 2.75) is 43.8 Å². The number of alkyl halides is 3. The largest absolute Gasteiger partial charge is 0.471 e. The van der Waals surface area contributed by atoms with Crippen LogP contribution in [0.3, 0.4) is 0 Å². The maximum atomic E-state index is 12.7. The van der Waals surface area contributed by atoms with Crippen LogP contribution >= 0.6 is 0 Å². The maximum Gasteiger partial charge on any atom is 0.471 e. The zero-order valence-electron chi connectivity index (χ0n) is 16.5. The molecule has 1 heterocycles. The van der Waals surface area contributed by atoms with Gasteiger partial charge in [0.2, 0.25) is 10.0 Å². The summed E-state index contributed by atoms with van der Waals surface area (Å²) in [7, 11) is -3.82. The highest BCUT2D eigenvalue weighted by Crippen LogP contribution is 2.26. The van der Waals surface area contributed by atoms with E-state index in [0.717, 1.165) is 17.5 Å². The van der Waals surface area contributed by atoms with E-state index in [-0.39, 0.29) is 31.0 Å². The van der Waals surface area contributed by atoms with Crippen LogP contribution in [0.4, 0.5) is 13.2 Å². The summed E-state index contributed by atoms with van der Waals surface area (Å²) in [5, 5.41) is 0. The SMILES string of the molecule is CCc1ccc(CCNS(=O)(=O)c2ccc3c(c2)CN(C(=O)C(F)(F)F)CC3)cc1. The summed E-state index contributed by atoms with van der Waals surface area (Å²) in [5.74, 6) is -1.91. The van der Waals surface area contributed by atoms with E-state index in [1.807, 2.05) is 24.3 Å². The molecular weight excluding hydrogens is 417 g/mol. The summed E-state index contributed by atoms with van der Waals surface area (Å²) in [5.41, 5.74) is 3.36. The van der Waals surface area contributed by atoms with Gasteiger partial charge in [0.1, 0.15) is 0 Å². The molecule has 0 aromatic heterocycles. The first-order valence-corrected chi connectivity index (χ1v) is 11.1. The van der Waals surface area contributed by atoms with Crippen molar-refractivity contribution < 1.29 is 26.4 Å².